The summed E-state index contributed by atoms with van der Waals surface area (Å²) in [4.78, 5) is 29.2. The molecule has 0 unspecified atom stereocenters. The molecule has 1 aromatic heterocycles. The van der Waals surface area contributed by atoms with Gasteiger partial charge in [0.25, 0.3) is 5.91 Å². The molecule has 2 aromatic carbocycles. The maximum absolute atomic E-state index is 12.7. The summed E-state index contributed by atoms with van der Waals surface area (Å²) in [6.45, 7) is 4.07. The number of aromatic nitrogens is 1. The van der Waals surface area contributed by atoms with Crippen molar-refractivity contribution in [2.24, 2.45) is 0 Å². The van der Waals surface area contributed by atoms with Crippen molar-refractivity contribution in [1.82, 2.24) is 10.3 Å². The number of thiazole rings is 1. The number of carbonyl (C=O) groups excluding carboxylic acids is 2. The van der Waals surface area contributed by atoms with Crippen molar-refractivity contribution in [2.45, 2.75) is 25.2 Å². The van der Waals surface area contributed by atoms with Crippen LogP contribution in [0.4, 0.5) is 5.13 Å². The molecular weight excluding hydrogens is 402 g/mol. The number of nitrogens with zero attached hydrogens (tertiary/aromatic N) is 1. The zero-order chi connectivity index (χ0) is 20.8. The zero-order valence-electron chi connectivity index (χ0n) is 16.6. The van der Waals surface area contributed by atoms with Gasteiger partial charge in [-0.1, -0.05) is 30.3 Å². The van der Waals surface area contributed by atoms with Crippen LogP contribution in [0.1, 0.15) is 28.4 Å². The maximum Gasteiger partial charge on any atom is 0.257 e. The van der Waals surface area contributed by atoms with Gasteiger partial charge in [-0.15, -0.1) is 23.1 Å². The van der Waals surface area contributed by atoms with Crippen LogP contribution in [0.2, 0.25) is 0 Å². The Morgan fingerprint density at radius 2 is 1.90 bits per heavy atom. The minimum atomic E-state index is -0.146. The molecule has 7 heteroatoms. The second kappa shape index (κ2) is 9.71. The van der Waals surface area contributed by atoms with Gasteiger partial charge in [-0.05, 0) is 42.9 Å². The highest BCUT2D eigenvalue weighted by Gasteiger charge is 2.13. The second-order valence-corrected chi connectivity index (χ2v) is 8.34. The van der Waals surface area contributed by atoms with Crippen LogP contribution in [0, 0.1) is 6.92 Å². The van der Waals surface area contributed by atoms with Gasteiger partial charge >= 0.3 is 0 Å². The van der Waals surface area contributed by atoms with Crippen molar-refractivity contribution in [3.8, 4) is 11.3 Å². The number of carbonyl (C=O) groups is 2. The summed E-state index contributed by atoms with van der Waals surface area (Å²) in [5, 5.41) is 8.22. The molecular formula is C22H23N3O2S2. The first-order chi connectivity index (χ1) is 14.0. The molecule has 0 fully saturated rings. The molecule has 29 heavy (non-hydrogen) atoms. The minimum Gasteiger partial charge on any atom is -0.356 e. The van der Waals surface area contributed by atoms with Crippen molar-refractivity contribution < 1.29 is 9.59 Å². The maximum atomic E-state index is 12.7. The standard InChI is InChI=1S/C22H23N3O2S2/c1-14-4-9-18(28-3)12-19(14)21(27)25-22-24-20(13-29-22)17-7-5-16(6-8-17)10-11-23-15(2)26/h4-9,12-13H,10-11H2,1-3H3,(H,23,26)(H,24,25,27). The van der Waals surface area contributed by atoms with Gasteiger partial charge in [0.2, 0.25) is 5.91 Å². The molecule has 3 rings (SSSR count). The zero-order valence-corrected chi connectivity index (χ0v) is 18.2. The number of thioether (sulfide) groups is 1. The third-order valence-corrected chi connectivity index (χ3v) is 5.93. The molecule has 0 aliphatic rings. The number of aryl methyl sites for hydroxylation is 1. The van der Waals surface area contributed by atoms with Gasteiger partial charge in [-0.25, -0.2) is 4.98 Å². The third kappa shape index (κ3) is 5.68. The molecule has 5 nitrogen and oxygen atoms in total. The number of rotatable bonds is 7. The molecule has 0 saturated heterocycles. The van der Waals surface area contributed by atoms with Crippen molar-refractivity contribution >= 4 is 40.0 Å². The minimum absolute atomic E-state index is 0.0194. The van der Waals surface area contributed by atoms with Crippen LogP contribution >= 0.6 is 23.1 Å². The summed E-state index contributed by atoms with van der Waals surface area (Å²) in [6, 6.07) is 14.0. The van der Waals surface area contributed by atoms with Gasteiger partial charge in [0.1, 0.15) is 0 Å². The van der Waals surface area contributed by atoms with Crippen LogP contribution in [0.5, 0.6) is 0 Å². The Morgan fingerprint density at radius 1 is 1.14 bits per heavy atom. The number of nitrogens with one attached hydrogen (secondary N) is 2. The number of anilines is 1. The first-order valence-electron chi connectivity index (χ1n) is 9.21. The summed E-state index contributed by atoms with van der Waals surface area (Å²) in [6.07, 6.45) is 2.78. The van der Waals surface area contributed by atoms with E-state index in [4.69, 9.17) is 0 Å². The second-order valence-electron chi connectivity index (χ2n) is 6.60. The average molecular weight is 426 g/mol. The van der Waals surface area contributed by atoms with Crippen LogP contribution in [-0.2, 0) is 11.2 Å². The number of benzene rings is 2. The highest BCUT2D eigenvalue weighted by Crippen LogP contribution is 2.26. The van der Waals surface area contributed by atoms with Crippen molar-refractivity contribution in [2.75, 3.05) is 18.1 Å². The van der Waals surface area contributed by atoms with E-state index in [0.29, 0.717) is 17.2 Å². The van der Waals surface area contributed by atoms with E-state index in [9.17, 15) is 9.59 Å². The smallest absolute Gasteiger partial charge is 0.257 e. The van der Waals surface area contributed by atoms with Crippen LogP contribution < -0.4 is 10.6 Å². The Kier molecular flexibility index (Phi) is 7.06. The van der Waals surface area contributed by atoms with Crippen molar-refractivity contribution in [3.63, 3.8) is 0 Å². The van der Waals surface area contributed by atoms with E-state index in [-0.39, 0.29) is 11.8 Å². The number of hydrogen-bond donors (Lipinski definition) is 2. The van der Waals surface area contributed by atoms with E-state index in [1.807, 2.05) is 61.0 Å². The molecule has 0 radical (unpaired) electrons. The van der Waals surface area contributed by atoms with Crippen LogP contribution in [0.3, 0.4) is 0 Å². The fourth-order valence-electron chi connectivity index (χ4n) is 2.83. The fraction of sp³-hybridized carbons (Fsp3) is 0.227. The molecule has 1 heterocycles. The Balaban J connectivity index is 1.66. The van der Waals surface area contributed by atoms with E-state index in [1.165, 1.54) is 18.3 Å². The van der Waals surface area contributed by atoms with Gasteiger partial charge in [-0.2, -0.15) is 0 Å². The van der Waals surface area contributed by atoms with Crippen molar-refractivity contribution in [1.29, 1.82) is 0 Å². The van der Waals surface area contributed by atoms with E-state index in [1.54, 1.807) is 11.8 Å². The Labute approximate surface area is 179 Å². The highest BCUT2D eigenvalue weighted by molar-refractivity contribution is 7.98. The lowest BCUT2D eigenvalue weighted by atomic mass is 10.1. The van der Waals surface area contributed by atoms with Gasteiger partial charge in [0, 0.05) is 34.9 Å². The van der Waals surface area contributed by atoms with E-state index in [2.05, 4.69) is 15.6 Å². The van der Waals surface area contributed by atoms with Crippen LogP contribution in [-0.4, -0.2) is 29.6 Å². The first-order valence-corrected chi connectivity index (χ1v) is 11.3. The largest absolute Gasteiger partial charge is 0.356 e. The van der Waals surface area contributed by atoms with Gasteiger partial charge in [0.15, 0.2) is 5.13 Å². The monoisotopic (exact) mass is 425 g/mol. The van der Waals surface area contributed by atoms with Gasteiger partial charge in [0.05, 0.1) is 5.69 Å². The highest BCUT2D eigenvalue weighted by atomic mass is 32.2. The lowest BCUT2D eigenvalue weighted by Crippen LogP contribution is -2.22. The summed E-state index contributed by atoms with van der Waals surface area (Å²) in [5.74, 6) is -0.165. The Bertz CT molecular complexity index is 1010. The average Bonchev–Trinajstić information content (AvgIpc) is 3.17. The van der Waals surface area contributed by atoms with Gasteiger partial charge < -0.3 is 5.32 Å². The number of hydrogen-bond acceptors (Lipinski definition) is 5. The summed E-state index contributed by atoms with van der Waals surface area (Å²) in [5.41, 5.74) is 4.57. The molecule has 0 atom stereocenters. The normalized spacial score (nSPS) is 10.6. The van der Waals surface area contributed by atoms with Crippen LogP contribution in [0.25, 0.3) is 11.3 Å². The van der Waals surface area contributed by atoms with Crippen LogP contribution in [0.15, 0.2) is 52.7 Å². The Hall–Kier alpha value is -2.64. The lowest BCUT2D eigenvalue weighted by Gasteiger charge is -2.07. The molecule has 0 saturated carbocycles. The molecule has 150 valence electrons. The van der Waals surface area contributed by atoms with E-state index < -0.39 is 0 Å². The van der Waals surface area contributed by atoms with E-state index in [0.717, 1.165) is 33.7 Å². The van der Waals surface area contributed by atoms with Gasteiger partial charge in [-0.3, -0.25) is 14.9 Å². The predicted molar refractivity (Wildman–Crippen MR) is 121 cm³/mol. The summed E-state index contributed by atoms with van der Waals surface area (Å²) < 4.78 is 0. The Morgan fingerprint density at radius 3 is 2.59 bits per heavy atom. The summed E-state index contributed by atoms with van der Waals surface area (Å²) in [7, 11) is 0. The fourth-order valence-corrected chi connectivity index (χ4v) is 3.98. The molecule has 3 aromatic rings. The topological polar surface area (TPSA) is 71.1 Å². The predicted octanol–water partition coefficient (Wildman–Crippen LogP) is 4.77. The molecule has 2 N–H and O–H groups in total. The molecule has 0 spiro atoms. The lowest BCUT2D eigenvalue weighted by molar-refractivity contribution is -0.118. The number of amides is 2. The molecule has 0 bridgehead atoms. The molecule has 0 aliphatic carbocycles. The molecule has 2 amide bonds. The van der Waals surface area contributed by atoms with Crippen molar-refractivity contribution in [3.05, 3.63) is 64.5 Å². The quantitative estimate of drug-likeness (QED) is 0.535. The van der Waals surface area contributed by atoms with E-state index >= 15 is 0 Å². The first kappa shape index (κ1) is 21.1. The third-order valence-electron chi connectivity index (χ3n) is 4.45. The molecule has 0 aliphatic heterocycles. The summed E-state index contributed by atoms with van der Waals surface area (Å²) >= 11 is 3.02. The SMILES string of the molecule is CSc1ccc(C)c(C(=O)Nc2nc(-c3ccc(CCNC(C)=O)cc3)cs2)c1.